The molecule has 44 heavy (non-hydrogen) atoms. The van der Waals surface area contributed by atoms with E-state index in [-0.39, 0.29) is 17.4 Å². The summed E-state index contributed by atoms with van der Waals surface area (Å²) in [5.74, 6) is -3.56. The molecular weight excluding hydrogens is 672 g/mol. The quantitative estimate of drug-likeness (QED) is 0.210. The Balaban J connectivity index is 0.000000566. The lowest BCUT2D eigenvalue weighted by Gasteiger charge is -2.23. The van der Waals surface area contributed by atoms with Crippen LogP contribution in [0.25, 0.3) is 22.4 Å². The van der Waals surface area contributed by atoms with E-state index in [0.717, 1.165) is 4.47 Å². The average molecular weight is 696 g/mol. The molecule has 230 valence electrons. The van der Waals surface area contributed by atoms with Crippen molar-refractivity contribution in [2.75, 3.05) is 5.32 Å². The normalized spacial score (nSPS) is 16.8. The first-order chi connectivity index (χ1) is 20.7. The Hall–Kier alpha value is -4.10. The number of hydrogen-bond donors (Lipinski definition) is 2. The number of benzene rings is 2. The number of amides is 1. The van der Waals surface area contributed by atoms with Gasteiger partial charge in [0.2, 0.25) is 5.91 Å². The third kappa shape index (κ3) is 7.88. The molecule has 1 aliphatic heterocycles. The minimum atomic E-state index is -5.08. The molecule has 2 aromatic carbocycles. The van der Waals surface area contributed by atoms with Crippen LogP contribution in [0, 0.1) is 11.7 Å². The molecule has 4 aromatic rings. The Labute approximate surface area is 261 Å². The average Bonchev–Trinajstić information content (AvgIpc) is 2.97. The third-order valence-corrected chi connectivity index (χ3v) is 7.78. The number of carbonyl (C=O) groups is 2. The van der Waals surface area contributed by atoms with E-state index in [4.69, 9.17) is 21.5 Å². The summed E-state index contributed by atoms with van der Waals surface area (Å²) in [6.45, 7) is 1.86. The minimum Gasteiger partial charge on any atom is -0.475 e. The summed E-state index contributed by atoms with van der Waals surface area (Å²) < 4.78 is 48.3. The van der Waals surface area contributed by atoms with Crippen LogP contribution in [0.4, 0.5) is 23.2 Å². The summed E-state index contributed by atoms with van der Waals surface area (Å²) >= 11 is 9.66. The first-order valence-corrected chi connectivity index (χ1v) is 14.3. The van der Waals surface area contributed by atoms with Gasteiger partial charge in [0.25, 0.3) is 5.56 Å². The van der Waals surface area contributed by atoms with Gasteiger partial charge in [0.1, 0.15) is 5.82 Å². The van der Waals surface area contributed by atoms with E-state index >= 15 is 0 Å². The molecule has 0 saturated carbocycles. The Morgan fingerprint density at radius 2 is 1.77 bits per heavy atom. The summed E-state index contributed by atoms with van der Waals surface area (Å²) in [5, 5.41) is 10.6. The zero-order chi connectivity index (χ0) is 32.2. The number of anilines is 1. The van der Waals surface area contributed by atoms with Gasteiger partial charge >= 0.3 is 12.1 Å². The number of rotatable bonds is 2. The fraction of sp³-hybridized carbons (Fsp3) is 0.233. The van der Waals surface area contributed by atoms with Crippen LogP contribution in [-0.4, -0.2) is 37.7 Å². The van der Waals surface area contributed by atoms with Gasteiger partial charge in [-0.1, -0.05) is 40.9 Å². The molecule has 1 amide bonds. The van der Waals surface area contributed by atoms with Crippen molar-refractivity contribution in [2.45, 2.75) is 38.4 Å². The number of halogens is 6. The number of alkyl halides is 3. The largest absolute Gasteiger partial charge is 0.490 e. The molecule has 2 aromatic heterocycles. The van der Waals surface area contributed by atoms with E-state index in [1.165, 1.54) is 24.5 Å². The second kappa shape index (κ2) is 13.7. The highest BCUT2D eigenvalue weighted by atomic mass is 79.9. The van der Waals surface area contributed by atoms with E-state index in [0.29, 0.717) is 58.1 Å². The number of aliphatic carboxylic acids is 1. The zero-order valence-corrected chi connectivity index (χ0v) is 25.3. The molecule has 2 bridgehead atoms. The first kappa shape index (κ1) is 32.8. The molecule has 3 heterocycles. The second-order valence-corrected chi connectivity index (χ2v) is 11.2. The molecule has 2 atom stereocenters. The van der Waals surface area contributed by atoms with Crippen molar-refractivity contribution in [2.24, 2.45) is 5.92 Å². The molecule has 1 aliphatic rings. The van der Waals surface area contributed by atoms with Gasteiger partial charge in [-0.25, -0.2) is 14.2 Å². The molecular formula is C30H24BrClF4N4O4. The summed E-state index contributed by atoms with van der Waals surface area (Å²) in [7, 11) is 0. The summed E-state index contributed by atoms with van der Waals surface area (Å²) in [6.07, 6.45) is -0.0340. The van der Waals surface area contributed by atoms with E-state index in [1.807, 2.05) is 19.1 Å². The summed E-state index contributed by atoms with van der Waals surface area (Å²) in [5.41, 5.74) is 3.41. The number of nitrogens with zero attached hydrogens (tertiary/aromatic N) is 3. The number of aromatic nitrogens is 3. The van der Waals surface area contributed by atoms with Gasteiger partial charge < -0.3 is 10.4 Å². The molecule has 0 saturated heterocycles. The molecule has 14 heteroatoms. The highest BCUT2D eigenvalue weighted by Crippen LogP contribution is 2.34. The fourth-order valence-corrected chi connectivity index (χ4v) is 5.20. The maximum Gasteiger partial charge on any atom is 0.490 e. The predicted octanol–water partition coefficient (Wildman–Crippen LogP) is 7.51. The van der Waals surface area contributed by atoms with Crippen LogP contribution in [-0.2, 0) is 9.59 Å². The lowest BCUT2D eigenvalue weighted by Crippen LogP contribution is -2.27. The monoisotopic (exact) mass is 694 g/mol. The lowest BCUT2D eigenvalue weighted by molar-refractivity contribution is -0.192. The van der Waals surface area contributed by atoms with Gasteiger partial charge in [-0.2, -0.15) is 13.2 Å². The maximum atomic E-state index is 14.2. The summed E-state index contributed by atoms with van der Waals surface area (Å²) in [6, 6.07) is 14.3. The molecule has 0 aliphatic carbocycles. The topological polar surface area (TPSA) is 114 Å². The van der Waals surface area contributed by atoms with Crippen molar-refractivity contribution in [3.8, 4) is 22.4 Å². The fourth-order valence-electron chi connectivity index (χ4n) is 4.58. The molecule has 0 radical (unpaired) electrons. The SMILES string of the molecule is C[C@@H]1CCC[C@H](n2cnc(-c3cc(Cl)ccc3Br)cc2=O)c2cc(ccn2)-c2cc(F)ccc2NC1=O.O=C(O)C(F)(F)F. The number of pyridine rings is 1. The van der Waals surface area contributed by atoms with Gasteiger partial charge in [-0.05, 0) is 66.9 Å². The number of hydrogen-bond acceptors (Lipinski definition) is 5. The molecule has 5 rings (SSSR count). The van der Waals surface area contributed by atoms with E-state index in [2.05, 4.69) is 31.2 Å². The van der Waals surface area contributed by atoms with Crippen molar-refractivity contribution in [3.05, 3.63) is 98.5 Å². The number of carbonyl (C=O) groups excluding carboxylic acids is 1. The number of carboxylic acids is 1. The number of carboxylic acid groups (broad SMARTS) is 1. The van der Waals surface area contributed by atoms with Crippen LogP contribution in [0.2, 0.25) is 5.02 Å². The first-order valence-electron chi connectivity index (χ1n) is 13.1. The van der Waals surface area contributed by atoms with Crippen LogP contribution in [0.15, 0.2) is 76.4 Å². The van der Waals surface area contributed by atoms with Crippen molar-refractivity contribution < 1.29 is 32.3 Å². The molecule has 0 fully saturated rings. The Bertz CT molecular complexity index is 1770. The Kier molecular flexibility index (Phi) is 10.2. The van der Waals surface area contributed by atoms with Crippen molar-refractivity contribution in [3.63, 3.8) is 0 Å². The van der Waals surface area contributed by atoms with Gasteiger partial charge in [0.15, 0.2) is 0 Å². The van der Waals surface area contributed by atoms with Crippen molar-refractivity contribution in [1.82, 2.24) is 14.5 Å². The van der Waals surface area contributed by atoms with Gasteiger partial charge in [-0.3, -0.25) is 19.1 Å². The van der Waals surface area contributed by atoms with Crippen molar-refractivity contribution in [1.29, 1.82) is 0 Å². The van der Waals surface area contributed by atoms with E-state index in [1.54, 1.807) is 35.0 Å². The Morgan fingerprint density at radius 1 is 1.05 bits per heavy atom. The lowest BCUT2D eigenvalue weighted by atomic mass is 9.95. The third-order valence-electron chi connectivity index (χ3n) is 6.85. The zero-order valence-electron chi connectivity index (χ0n) is 22.9. The standard InChI is InChI=1S/C28H23BrClFN4O2.C2HF3O2/c1-16-3-2-4-26(35-15-33-24(14-27(35)36)21-12-18(30)5-7-22(21)29)25-11-17(9-10-32-25)20-13-19(31)6-8-23(20)34-28(16)37;3-2(4,5)1(6)7/h5-16,26H,2-4H2,1H3,(H,34,37);(H,6,7)/t16-,26+;/m1./s1. The molecule has 8 nitrogen and oxygen atoms in total. The molecule has 0 unspecified atom stereocenters. The van der Waals surface area contributed by atoms with E-state index in [9.17, 15) is 27.2 Å². The van der Waals surface area contributed by atoms with Gasteiger partial charge in [-0.15, -0.1) is 0 Å². The minimum absolute atomic E-state index is 0.130. The predicted molar refractivity (Wildman–Crippen MR) is 160 cm³/mol. The van der Waals surface area contributed by atoms with Crippen LogP contribution < -0.4 is 10.9 Å². The van der Waals surface area contributed by atoms with Crippen LogP contribution >= 0.6 is 27.5 Å². The maximum absolute atomic E-state index is 14.2. The highest BCUT2D eigenvalue weighted by molar-refractivity contribution is 9.10. The highest BCUT2D eigenvalue weighted by Gasteiger charge is 2.38. The molecule has 0 spiro atoms. The van der Waals surface area contributed by atoms with Crippen LogP contribution in [0.1, 0.15) is 37.9 Å². The van der Waals surface area contributed by atoms with Crippen LogP contribution in [0.5, 0.6) is 0 Å². The number of fused-ring (bicyclic) bond motifs is 4. The molecule has 2 N–H and O–H groups in total. The Morgan fingerprint density at radius 3 is 2.45 bits per heavy atom. The van der Waals surface area contributed by atoms with E-state index < -0.39 is 24.0 Å². The number of nitrogens with one attached hydrogen (secondary N) is 1. The van der Waals surface area contributed by atoms with Crippen molar-refractivity contribution >= 4 is 45.1 Å². The summed E-state index contributed by atoms with van der Waals surface area (Å²) in [4.78, 5) is 44.2. The smallest absolute Gasteiger partial charge is 0.475 e. The van der Waals surface area contributed by atoms with Crippen LogP contribution in [0.3, 0.4) is 0 Å². The van der Waals surface area contributed by atoms with Gasteiger partial charge in [0, 0.05) is 44.5 Å². The second-order valence-electron chi connectivity index (χ2n) is 9.94. The van der Waals surface area contributed by atoms with Gasteiger partial charge in [0.05, 0.1) is 23.8 Å².